The number of carbonyl (C=O) groups excluding carboxylic acids is 1. The number of nitrogens with one attached hydrogen (secondary N) is 2. The largest absolute Gasteiger partial charge is 0.480 e. The van der Waals surface area contributed by atoms with Crippen LogP contribution in [0, 0.1) is 0 Å². The summed E-state index contributed by atoms with van der Waals surface area (Å²) in [5, 5.41) is 14.8. The van der Waals surface area contributed by atoms with E-state index < -0.39 is 12.0 Å². The van der Waals surface area contributed by atoms with Crippen LogP contribution in [0.25, 0.3) is 0 Å². The lowest BCUT2D eigenvalue weighted by atomic mass is 9.95. The summed E-state index contributed by atoms with van der Waals surface area (Å²) in [5.74, 6) is -1.30. The lowest BCUT2D eigenvalue weighted by molar-refractivity contribution is -0.139. The molecule has 1 unspecified atom stereocenters. The normalized spacial score (nSPS) is 15.4. The fourth-order valence-corrected chi connectivity index (χ4v) is 2.32. The van der Waals surface area contributed by atoms with Crippen LogP contribution < -0.4 is 10.6 Å². The number of hydrogen-bond acceptors (Lipinski definition) is 3. The zero-order valence-electron chi connectivity index (χ0n) is 10.9. The number of carboxylic acid groups (broad SMARTS) is 1. The molecule has 5 nitrogen and oxygen atoms in total. The molecule has 1 amide bonds. The highest BCUT2D eigenvalue weighted by Crippen LogP contribution is 2.18. The van der Waals surface area contributed by atoms with Gasteiger partial charge in [-0.3, -0.25) is 4.79 Å². The van der Waals surface area contributed by atoms with Crippen molar-refractivity contribution in [2.45, 2.75) is 32.4 Å². The quantitative estimate of drug-likeness (QED) is 0.754. The Kier molecular flexibility index (Phi) is 4.16. The minimum absolute atomic E-state index is 0.298. The van der Waals surface area contributed by atoms with Gasteiger partial charge in [-0.05, 0) is 36.6 Å². The van der Waals surface area contributed by atoms with Crippen LogP contribution in [0.5, 0.6) is 0 Å². The van der Waals surface area contributed by atoms with Crippen molar-refractivity contribution in [2.75, 3.05) is 6.54 Å². The van der Waals surface area contributed by atoms with E-state index in [9.17, 15) is 9.59 Å². The Morgan fingerprint density at radius 1 is 1.47 bits per heavy atom. The summed E-state index contributed by atoms with van der Waals surface area (Å²) in [6.07, 6.45) is 1.17. The number of rotatable bonds is 4. The van der Waals surface area contributed by atoms with Crippen LogP contribution in [-0.2, 0) is 17.8 Å². The molecule has 102 valence electrons. The average molecular weight is 262 g/mol. The van der Waals surface area contributed by atoms with Crippen molar-refractivity contribution in [3.05, 3.63) is 34.9 Å². The molecule has 1 aliphatic heterocycles. The molecule has 19 heavy (non-hydrogen) atoms. The number of hydrogen-bond donors (Lipinski definition) is 3. The zero-order valence-corrected chi connectivity index (χ0v) is 10.9. The van der Waals surface area contributed by atoms with Gasteiger partial charge in [-0.25, -0.2) is 4.79 Å². The van der Waals surface area contributed by atoms with Gasteiger partial charge in [0.15, 0.2) is 0 Å². The van der Waals surface area contributed by atoms with Crippen LogP contribution >= 0.6 is 0 Å². The van der Waals surface area contributed by atoms with Crippen LogP contribution in [0.15, 0.2) is 18.2 Å². The minimum atomic E-state index is -0.998. The minimum Gasteiger partial charge on any atom is -0.480 e. The molecule has 1 aromatic carbocycles. The Balaban J connectivity index is 2.22. The van der Waals surface area contributed by atoms with Gasteiger partial charge < -0.3 is 15.7 Å². The van der Waals surface area contributed by atoms with Gasteiger partial charge in [-0.2, -0.15) is 0 Å². The first kappa shape index (κ1) is 13.5. The fourth-order valence-electron chi connectivity index (χ4n) is 2.32. The fraction of sp³-hybridized carbons (Fsp3) is 0.429. The van der Waals surface area contributed by atoms with Crippen LogP contribution in [0.1, 0.15) is 34.8 Å². The average Bonchev–Trinajstić information content (AvgIpc) is 2.43. The van der Waals surface area contributed by atoms with Gasteiger partial charge in [-0.1, -0.05) is 19.1 Å². The first-order valence-corrected chi connectivity index (χ1v) is 6.48. The second-order valence-corrected chi connectivity index (χ2v) is 4.64. The first-order chi connectivity index (χ1) is 9.13. The SMILES string of the molecule is CCC(NC(=O)c1cccc2c1CCNC2)C(=O)O. The lowest BCUT2D eigenvalue weighted by Crippen LogP contribution is -2.41. The number of benzene rings is 1. The first-order valence-electron chi connectivity index (χ1n) is 6.48. The summed E-state index contributed by atoms with van der Waals surface area (Å²) in [6.45, 7) is 3.34. The third-order valence-electron chi connectivity index (χ3n) is 3.40. The Hall–Kier alpha value is -1.88. The highest BCUT2D eigenvalue weighted by molar-refractivity contribution is 5.98. The van der Waals surface area contributed by atoms with Crippen molar-refractivity contribution in [1.82, 2.24) is 10.6 Å². The van der Waals surface area contributed by atoms with E-state index in [1.807, 2.05) is 12.1 Å². The van der Waals surface area contributed by atoms with E-state index >= 15 is 0 Å². The molecule has 1 atom stereocenters. The van der Waals surface area contributed by atoms with E-state index in [2.05, 4.69) is 10.6 Å². The molecule has 0 aliphatic carbocycles. The van der Waals surface area contributed by atoms with Crippen LogP contribution in [0.3, 0.4) is 0 Å². The molecule has 0 radical (unpaired) electrons. The van der Waals surface area contributed by atoms with Crippen LogP contribution in [-0.4, -0.2) is 29.6 Å². The Labute approximate surface area is 112 Å². The molecule has 0 aromatic heterocycles. The maximum absolute atomic E-state index is 12.2. The molecule has 0 saturated carbocycles. The molecule has 1 aromatic rings. The highest BCUT2D eigenvalue weighted by Gasteiger charge is 2.22. The Bertz CT molecular complexity index is 499. The summed E-state index contributed by atoms with van der Waals surface area (Å²) in [6, 6.07) is 4.76. The van der Waals surface area contributed by atoms with Crippen molar-refractivity contribution in [3.8, 4) is 0 Å². The summed E-state index contributed by atoms with van der Waals surface area (Å²) in [7, 11) is 0. The van der Waals surface area contributed by atoms with Crippen molar-refractivity contribution < 1.29 is 14.7 Å². The molecule has 0 bridgehead atoms. The van der Waals surface area contributed by atoms with Gasteiger partial charge in [0.1, 0.15) is 6.04 Å². The van der Waals surface area contributed by atoms with Gasteiger partial charge in [0.05, 0.1) is 0 Å². The van der Waals surface area contributed by atoms with E-state index in [1.165, 1.54) is 0 Å². The van der Waals surface area contributed by atoms with Crippen molar-refractivity contribution >= 4 is 11.9 Å². The van der Waals surface area contributed by atoms with Crippen molar-refractivity contribution in [1.29, 1.82) is 0 Å². The molecule has 5 heteroatoms. The number of carboxylic acids is 1. The van der Waals surface area contributed by atoms with Crippen LogP contribution in [0.2, 0.25) is 0 Å². The predicted molar refractivity (Wildman–Crippen MR) is 71.0 cm³/mol. The van der Waals surface area contributed by atoms with Gasteiger partial charge in [0, 0.05) is 12.1 Å². The standard InChI is InChI=1S/C14H18N2O3/c1-2-12(14(18)19)16-13(17)11-5-3-4-9-8-15-7-6-10(9)11/h3-5,12,15H,2,6-8H2,1H3,(H,16,17)(H,18,19). The van der Waals surface area contributed by atoms with E-state index in [0.717, 1.165) is 30.6 Å². The van der Waals surface area contributed by atoms with E-state index in [-0.39, 0.29) is 5.91 Å². The monoisotopic (exact) mass is 262 g/mol. The Morgan fingerprint density at radius 2 is 2.26 bits per heavy atom. The van der Waals surface area contributed by atoms with Crippen LogP contribution in [0.4, 0.5) is 0 Å². The van der Waals surface area contributed by atoms with Crippen molar-refractivity contribution in [3.63, 3.8) is 0 Å². The number of fused-ring (bicyclic) bond motifs is 1. The van der Waals surface area contributed by atoms with Gasteiger partial charge >= 0.3 is 5.97 Å². The van der Waals surface area contributed by atoms with E-state index in [1.54, 1.807) is 13.0 Å². The highest BCUT2D eigenvalue weighted by atomic mass is 16.4. The topological polar surface area (TPSA) is 78.4 Å². The second-order valence-electron chi connectivity index (χ2n) is 4.64. The third kappa shape index (κ3) is 2.93. The molecule has 0 fully saturated rings. The second kappa shape index (κ2) is 5.84. The maximum atomic E-state index is 12.2. The summed E-state index contributed by atoms with van der Waals surface area (Å²) < 4.78 is 0. The zero-order chi connectivity index (χ0) is 13.8. The van der Waals surface area contributed by atoms with E-state index in [0.29, 0.717) is 12.0 Å². The molecule has 1 aliphatic rings. The summed E-state index contributed by atoms with van der Waals surface area (Å²) in [4.78, 5) is 23.2. The molecule has 2 rings (SSSR count). The summed E-state index contributed by atoms with van der Waals surface area (Å²) >= 11 is 0. The lowest BCUT2D eigenvalue weighted by Gasteiger charge is -2.21. The maximum Gasteiger partial charge on any atom is 0.326 e. The smallest absolute Gasteiger partial charge is 0.326 e. The number of carbonyl (C=O) groups is 2. The molecule has 1 heterocycles. The predicted octanol–water partition coefficient (Wildman–Crippen LogP) is 0.925. The number of aliphatic carboxylic acids is 1. The third-order valence-corrected chi connectivity index (χ3v) is 3.40. The van der Waals surface area contributed by atoms with Gasteiger partial charge in [0.2, 0.25) is 0 Å². The Morgan fingerprint density at radius 3 is 2.95 bits per heavy atom. The summed E-state index contributed by atoms with van der Waals surface area (Å²) in [5.41, 5.74) is 2.74. The van der Waals surface area contributed by atoms with Gasteiger partial charge in [-0.15, -0.1) is 0 Å². The van der Waals surface area contributed by atoms with Gasteiger partial charge in [0.25, 0.3) is 5.91 Å². The molecular weight excluding hydrogens is 244 g/mol. The molecule has 3 N–H and O–H groups in total. The molecular formula is C14H18N2O3. The van der Waals surface area contributed by atoms with Crippen molar-refractivity contribution in [2.24, 2.45) is 0 Å². The number of amides is 1. The van der Waals surface area contributed by atoms with E-state index in [4.69, 9.17) is 5.11 Å². The molecule has 0 saturated heterocycles. The molecule has 0 spiro atoms.